The minimum Gasteiger partial charge on any atom is -0.488 e. The van der Waals surface area contributed by atoms with E-state index in [0.717, 1.165) is 121 Å². The second-order valence-electron chi connectivity index (χ2n) is 30.3. The summed E-state index contributed by atoms with van der Waals surface area (Å²) < 4.78 is 25.2. The quantitative estimate of drug-likeness (QED) is 0.0208. The average molecular weight is 1600 g/mol. The van der Waals surface area contributed by atoms with E-state index in [2.05, 4.69) is 167 Å². The van der Waals surface area contributed by atoms with Gasteiger partial charge in [-0.1, -0.05) is 120 Å². The van der Waals surface area contributed by atoms with Crippen LogP contribution in [0.4, 0.5) is 9.59 Å². The van der Waals surface area contributed by atoms with Gasteiger partial charge in [-0.15, -0.1) is 0 Å². The standard InChI is InChI=1S/C47H48ClN5O6.C45H46ClN5O6/c1-28-34(26-59-44-19-43(58-25-31-16-30(20-49)21-50-22-31)33(18-41(44)48)14-15-47(3,27-54)45(55)56)6-4-8-38(28)39-9-5-7-37(29(39)2)32-10-13-40-35(17-32)23-51-24-42(40)53-46(57)52-36-11-12-36;1-27-33(7-5-9-36(27)37-10-6-8-35(28(37)2)31-11-12-38-34(16-31)22-50-23-40(38)51-44(55)48-4)25-57-42-18-41(56-24-30-15-29(19-47)20-49-21-30)32(17-39(42)46)13-14-45(3,26-52)43(53)54/h4-10,13,16-19,21-22,36,42,51,54H,11-12,14-15,23-27H2,1-3H3,(H,55,56)(H2,52,53,57);5-12,15-18,20-21,40,50,52H,13-14,22-26H2,1-4H3,(H,53,54)(H2,48,51,55)/t42?,47-;40-,45+/m01/s1. The molecule has 2 aromatic heterocycles. The fourth-order valence-corrected chi connectivity index (χ4v) is 15.0. The summed E-state index contributed by atoms with van der Waals surface area (Å²) in [6.07, 6.45) is 9.09. The van der Waals surface area contributed by atoms with Crippen LogP contribution >= 0.6 is 23.2 Å². The first kappa shape index (κ1) is 83.6. The monoisotopic (exact) mass is 1600 g/mol. The molecule has 1 aliphatic carbocycles. The molecule has 0 saturated heterocycles. The first-order valence-corrected chi connectivity index (χ1v) is 39.3. The van der Waals surface area contributed by atoms with Gasteiger partial charge in [0.2, 0.25) is 0 Å². The fourth-order valence-electron chi connectivity index (χ4n) is 14.5. The van der Waals surface area contributed by atoms with Gasteiger partial charge in [0.15, 0.2) is 0 Å². The number of nitriles is 2. The number of aryl methyl sites for hydroxylation is 2. The molecule has 1 unspecified atom stereocenters. The predicted molar refractivity (Wildman–Crippen MR) is 445 cm³/mol. The molecule has 0 bridgehead atoms. The number of hydrogen-bond donors (Lipinski definition) is 10. The number of carboxylic acid groups (broad SMARTS) is 2. The zero-order valence-electron chi connectivity index (χ0n) is 65.8. The van der Waals surface area contributed by atoms with E-state index in [1.165, 1.54) is 31.8 Å². The van der Waals surface area contributed by atoms with Crippen molar-refractivity contribution >= 4 is 47.2 Å². The number of carboxylic acids is 2. The first-order valence-electron chi connectivity index (χ1n) is 38.5. The molecule has 4 heterocycles. The Hall–Kier alpha value is -11.9. The highest BCUT2D eigenvalue weighted by molar-refractivity contribution is 6.32. The van der Waals surface area contributed by atoms with Crippen molar-refractivity contribution in [2.45, 2.75) is 138 Å². The number of carbonyl (C=O) groups is 4. The van der Waals surface area contributed by atoms with E-state index in [4.69, 9.17) is 42.1 Å². The Labute approximate surface area is 685 Å². The highest BCUT2D eigenvalue weighted by Gasteiger charge is 2.35. The third kappa shape index (κ3) is 19.9. The van der Waals surface area contributed by atoms with Crippen molar-refractivity contribution in [1.29, 1.82) is 10.5 Å². The molecule has 4 amide bonds. The van der Waals surface area contributed by atoms with E-state index in [1.807, 2.05) is 24.3 Å². The molecular weight excluding hydrogens is 1510 g/mol. The molecule has 0 spiro atoms. The SMILES string of the molecule is CNC(=O)N[C@@H]1CNCc2cc(-c3cccc(-c4cccc(COc5cc(OCc6cncc(C#N)c6)c(CC[C@@](C)(CO)C(=O)O)cc5Cl)c4C)c3C)ccc21.Cc1c(COc2cc(OCc3cncc(C#N)c3)c(CC[C@@](C)(CO)C(=O)O)cc2Cl)cccc1-c1cccc(-c2ccc3c(c2)CNCC3NC(=O)NC2CC2)c1C. The van der Waals surface area contributed by atoms with Crippen LogP contribution in [-0.4, -0.2) is 93.8 Å². The minimum absolute atomic E-state index is 0.101. The maximum Gasteiger partial charge on any atom is 0.315 e. The molecule has 22 nitrogen and oxygen atoms in total. The zero-order valence-corrected chi connectivity index (χ0v) is 67.3. The Balaban J connectivity index is 0.000000214. The maximum absolute atomic E-state index is 12.5. The smallest absolute Gasteiger partial charge is 0.315 e. The Morgan fingerprint density at radius 3 is 1.28 bits per heavy atom. The van der Waals surface area contributed by atoms with E-state index in [0.29, 0.717) is 85.6 Å². The lowest BCUT2D eigenvalue weighted by Gasteiger charge is -2.28. The molecule has 4 atom stereocenters. The fraction of sp³-hybridized carbons (Fsp3) is 0.304. The number of aliphatic carboxylic acids is 2. The summed E-state index contributed by atoms with van der Waals surface area (Å²) in [5.41, 5.74) is 20.5. The molecule has 8 aromatic carbocycles. The van der Waals surface area contributed by atoms with Crippen molar-refractivity contribution in [3.05, 3.63) is 269 Å². The summed E-state index contributed by atoms with van der Waals surface area (Å²) in [5, 5.41) is 77.3. The van der Waals surface area contributed by atoms with E-state index < -0.39 is 36.0 Å². The number of carbonyl (C=O) groups excluding carboxylic acids is 2. The summed E-state index contributed by atoms with van der Waals surface area (Å²) in [7, 11) is 1.61. The number of halogens is 2. The summed E-state index contributed by atoms with van der Waals surface area (Å²) in [6.45, 7) is 13.8. The second-order valence-corrected chi connectivity index (χ2v) is 31.1. The number of fused-ring (bicyclic) bond motifs is 2. The molecule has 10 N–H and O–H groups in total. The Morgan fingerprint density at radius 2 is 0.888 bits per heavy atom. The number of ether oxygens (including phenoxy) is 4. The molecule has 598 valence electrons. The predicted octanol–water partition coefficient (Wildman–Crippen LogP) is 16.1. The van der Waals surface area contributed by atoms with Gasteiger partial charge >= 0.3 is 24.0 Å². The number of rotatable bonds is 29. The number of nitrogens with one attached hydrogen (secondary N) is 6. The maximum atomic E-state index is 12.5. The molecule has 1 saturated carbocycles. The number of urea groups is 2. The van der Waals surface area contributed by atoms with Crippen molar-refractivity contribution in [3.8, 4) is 79.6 Å². The number of aromatic nitrogens is 2. The van der Waals surface area contributed by atoms with Crippen LogP contribution in [-0.2, 0) is 61.9 Å². The first-order chi connectivity index (χ1) is 55.9. The molecule has 2 aliphatic heterocycles. The van der Waals surface area contributed by atoms with Gasteiger partial charge in [0.25, 0.3) is 0 Å². The second kappa shape index (κ2) is 37.6. The third-order valence-corrected chi connectivity index (χ3v) is 22.7. The van der Waals surface area contributed by atoms with E-state index in [-0.39, 0.29) is 76.3 Å². The van der Waals surface area contributed by atoms with E-state index in [1.54, 1.807) is 55.8 Å². The van der Waals surface area contributed by atoms with Gasteiger partial charge in [-0.05, 0) is 228 Å². The molecule has 10 aromatic rings. The number of pyridine rings is 2. The molecule has 3 aliphatic rings. The Morgan fingerprint density at radius 1 is 0.491 bits per heavy atom. The van der Waals surface area contributed by atoms with Crippen molar-refractivity contribution < 1.29 is 58.6 Å². The van der Waals surface area contributed by atoms with Crippen LogP contribution in [0.5, 0.6) is 23.0 Å². The highest BCUT2D eigenvalue weighted by Crippen LogP contribution is 2.43. The van der Waals surface area contributed by atoms with Crippen molar-refractivity contribution in [2.24, 2.45) is 10.8 Å². The van der Waals surface area contributed by atoms with Crippen molar-refractivity contribution in [3.63, 3.8) is 0 Å². The largest absolute Gasteiger partial charge is 0.488 e. The number of hydrogen-bond acceptors (Lipinski definition) is 16. The lowest BCUT2D eigenvalue weighted by Crippen LogP contribution is -2.44. The van der Waals surface area contributed by atoms with Crippen LogP contribution in [0.1, 0.15) is 141 Å². The van der Waals surface area contributed by atoms with Crippen LogP contribution in [0.15, 0.2) is 170 Å². The minimum atomic E-state index is -1.35. The number of aliphatic hydroxyl groups is 2. The highest BCUT2D eigenvalue weighted by atomic mass is 35.5. The van der Waals surface area contributed by atoms with Gasteiger partial charge in [0.1, 0.15) is 61.6 Å². The summed E-state index contributed by atoms with van der Waals surface area (Å²) in [6, 6.07) is 52.1. The molecule has 13 rings (SSSR count). The topological polar surface area (TPSA) is 332 Å². The van der Waals surface area contributed by atoms with Crippen LogP contribution < -0.4 is 50.8 Å². The van der Waals surface area contributed by atoms with E-state index in [9.17, 15) is 50.1 Å². The van der Waals surface area contributed by atoms with Crippen molar-refractivity contribution in [1.82, 2.24) is 41.9 Å². The molecule has 1 fully saturated rings. The van der Waals surface area contributed by atoms with Gasteiger partial charge in [-0.2, -0.15) is 10.5 Å². The zero-order chi connectivity index (χ0) is 82.4. The van der Waals surface area contributed by atoms with E-state index >= 15 is 0 Å². The molecule has 116 heavy (non-hydrogen) atoms. The summed E-state index contributed by atoms with van der Waals surface area (Å²) >= 11 is 13.6. The third-order valence-electron chi connectivity index (χ3n) is 22.1. The van der Waals surface area contributed by atoms with Gasteiger partial charge < -0.3 is 71.3 Å². The Kier molecular flexibility index (Phi) is 27.1. The molecule has 0 radical (unpaired) electrons. The van der Waals surface area contributed by atoms with Crippen LogP contribution in [0.25, 0.3) is 44.5 Å². The Bertz CT molecular complexity index is 5430. The number of aliphatic hydroxyl groups excluding tert-OH is 2. The number of nitrogens with zero attached hydrogens (tertiary/aromatic N) is 4. The van der Waals surface area contributed by atoms with Gasteiger partial charge in [0, 0.05) is 87.3 Å². The lowest BCUT2D eigenvalue weighted by molar-refractivity contribution is -0.151. The number of amides is 4. The van der Waals surface area contributed by atoms with Crippen molar-refractivity contribution in [2.75, 3.05) is 33.4 Å². The van der Waals surface area contributed by atoms with Gasteiger partial charge in [0.05, 0.1) is 57.3 Å². The van der Waals surface area contributed by atoms with Gasteiger partial charge in [-0.3, -0.25) is 19.6 Å². The lowest BCUT2D eigenvalue weighted by atomic mass is 9.85. The number of benzene rings is 8. The normalized spacial score (nSPS) is 15.0. The molecular formula is C92H94Cl2N10O12. The average Bonchev–Trinajstić information content (AvgIpc) is 0.862. The van der Waals surface area contributed by atoms with Crippen LogP contribution in [0, 0.1) is 61.2 Å². The van der Waals surface area contributed by atoms with Gasteiger partial charge in [-0.25, -0.2) is 9.59 Å². The molecule has 24 heteroatoms. The van der Waals surface area contributed by atoms with Crippen LogP contribution in [0.2, 0.25) is 10.0 Å². The summed E-state index contributed by atoms with van der Waals surface area (Å²) in [5.74, 6) is -0.527. The van der Waals surface area contributed by atoms with Crippen LogP contribution in [0.3, 0.4) is 0 Å². The summed E-state index contributed by atoms with van der Waals surface area (Å²) in [4.78, 5) is 56.7.